The topological polar surface area (TPSA) is 84.7 Å². The van der Waals surface area contributed by atoms with Crippen molar-refractivity contribution in [3.63, 3.8) is 0 Å². The van der Waals surface area contributed by atoms with Crippen molar-refractivity contribution >= 4 is 17.5 Å². The van der Waals surface area contributed by atoms with E-state index in [4.69, 9.17) is 0 Å². The maximum absolute atomic E-state index is 12.1. The van der Waals surface area contributed by atoms with Crippen LogP contribution >= 0.6 is 0 Å². The lowest BCUT2D eigenvalue weighted by molar-refractivity contribution is 0.262. The molecule has 7 heteroatoms. The molecule has 2 N–H and O–H groups in total. The van der Waals surface area contributed by atoms with Crippen molar-refractivity contribution in [3.05, 3.63) is 59.9 Å². The summed E-state index contributed by atoms with van der Waals surface area (Å²) in [5, 5.41) is 5.51. The van der Waals surface area contributed by atoms with E-state index in [1.54, 1.807) is 18.5 Å². The summed E-state index contributed by atoms with van der Waals surface area (Å²) in [5.74, 6) is 1.86. The Hall–Kier alpha value is -3.22. The average molecular weight is 322 g/mol. The highest BCUT2D eigenvalue weighted by Crippen LogP contribution is 2.15. The van der Waals surface area contributed by atoms with Gasteiger partial charge in [-0.2, -0.15) is 0 Å². The largest absolute Gasteiger partial charge is 0.324 e. The van der Waals surface area contributed by atoms with Crippen molar-refractivity contribution < 1.29 is 4.79 Å². The Morgan fingerprint density at radius 3 is 2.54 bits per heavy atom. The predicted octanol–water partition coefficient (Wildman–Crippen LogP) is 3.23. The number of hydrogen-bond acceptors (Lipinski definition) is 4. The van der Waals surface area contributed by atoms with Gasteiger partial charge in [-0.05, 0) is 44.0 Å². The zero-order valence-electron chi connectivity index (χ0n) is 13.7. The molecule has 3 aromatic rings. The molecule has 0 saturated heterocycles. The number of hydrogen-bond donors (Lipinski definition) is 2. The van der Waals surface area contributed by atoms with Crippen molar-refractivity contribution in [1.82, 2.24) is 19.5 Å². The lowest BCUT2D eigenvalue weighted by Gasteiger charge is -2.10. The Bertz CT molecular complexity index is 886. The first-order chi connectivity index (χ1) is 11.5. The fraction of sp³-hybridized carbons (Fsp3) is 0.176. The number of nitrogens with zero attached hydrogens (tertiary/aromatic N) is 4. The highest BCUT2D eigenvalue weighted by molar-refractivity contribution is 5.99. The lowest BCUT2D eigenvalue weighted by atomic mass is 10.1. The van der Waals surface area contributed by atoms with Crippen LogP contribution in [-0.4, -0.2) is 25.6 Å². The van der Waals surface area contributed by atoms with E-state index in [0.29, 0.717) is 11.6 Å². The van der Waals surface area contributed by atoms with E-state index in [2.05, 4.69) is 25.6 Å². The Morgan fingerprint density at radius 1 is 1.00 bits per heavy atom. The number of aryl methyl sites for hydroxylation is 3. The van der Waals surface area contributed by atoms with Gasteiger partial charge in [-0.15, -0.1) is 0 Å². The number of nitrogens with one attached hydrogen (secondary N) is 2. The van der Waals surface area contributed by atoms with Crippen LogP contribution in [0.15, 0.2) is 43.0 Å². The van der Waals surface area contributed by atoms with Gasteiger partial charge in [-0.25, -0.2) is 19.7 Å². The molecule has 0 bridgehead atoms. The molecule has 1 aromatic carbocycles. The van der Waals surface area contributed by atoms with Gasteiger partial charge < -0.3 is 5.32 Å². The highest BCUT2D eigenvalue weighted by Gasteiger charge is 2.07. The highest BCUT2D eigenvalue weighted by atomic mass is 16.2. The van der Waals surface area contributed by atoms with Gasteiger partial charge in [0.05, 0.1) is 0 Å². The molecule has 122 valence electrons. The van der Waals surface area contributed by atoms with E-state index in [1.807, 2.05) is 43.5 Å². The van der Waals surface area contributed by atoms with Gasteiger partial charge in [0.15, 0.2) is 0 Å². The molecule has 0 fully saturated rings. The van der Waals surface area contributed by atoms with Crippen molar-refractivity contribution in [1.29, 1.82) is 0 Å². The first kappa shape index (κ1) is 15.7. The van der Waals surface area contributed by atoms with E-state index < -0.39 is 0 Å². The van der Waals surface area contributed by atoms with E-state index in [0.717, 1.165) is 17.1 Å². The van der Waals surface area contributed by atoms with Gasteiger partial charge in [0.1, 0.15) is 23.8 Å². The minimum absolute atomic E-state index is 0.356. The zero-order chi connectivity index (χ0) is 17.1. The van der Waals surface area contributed by atoms with Gasteiger partial charge in [-0.1, -0.05) is 6.07 Å². The molecule has 24 heavy (non-hydrogen) atoms. The van der Waals surface area contributed by atoms with Gasteiger partial charge in [0.2, 0.25) is 0 Å². The van der Waals surface area contributed by atoms with Crippen molar-refractivity contribution in [2.24, 2.45) is 0 Å². The number of benzene rings is 1. The first-order valence-electron chi connectivity index (χ1n) is 7.50. The molecule has 2 amide bonds. The number of rotatable bonds is 3. The Balaban J connectivity index is 1.72. The van der Waals surface area contributed by atoms with Crippen LogP contribution < -0.4 is 10.6 Å². The van der Waals surface area contributed by atoms with Crippen LogP contribution in [0.3, 0.4) is 0 Å². The third-order valence-electron chi connectivity index (χ3n) is 3.73. The molecule has 0 aliphatic rings. The molecule has 2 heterocycles. The monoisotopic (exact) mass is 322 g/mol. The number of amides is 2. The summed E-state index contributed by atoms with van der Waals surface area (Å²) in [6, 6.07) is 7.09. The second-order valence-electron chi connectivity index (χ2n) is 5.48. The van der Waals surface area contributed by atoms with Crippen LogP contribution in [-0.2, 0) is 0 Å². The van der Waals surface area contributed by atoms with Gasteiger partial charge in [-0.3, -0.25) is 9.88 Å². The van der Waals surface area contributed by atoms with E-state index >= 15 is 0 Å². The first-order valence-corrected chi connectivity index (χ1v) is 7.50. The number of aromatic nitrogens is 4. The Kier molecular flexibility index (Phi) is 4.24. The average Bonchev–Trinajstić information content (AvgIpc) is 2.97. The van der Waals surface area contributed by atoms with Crippen LogP contribution in [0.2, 0.25) is 0 Å². The fourth-order valence-electron chi connectivity index (χ4n) is 2.27. The molecule has 0 aliphatic heterocycles. The summed E-state index contributed by atoms with van der Waals surface area (Å²) in [6.07, 6.45) is 4.90. The maximum Gasteiger partial charge on any atom is 0.324 e. The fourth-order valence-corrected chi connectivity index (χ4v) is 2.27. The smallest absolute Gasteiger partial charge is 0.308 e. The molecule has 0 radical (unpaired) electrons. The van der Waals surface area contributed by atoms with Crippen LogP contribution in [0, 0.1) is 20.8 Å². The quantitative estimate of drug-likeness (QED) is 0.775. The number of imidazole rings is 1. The van der Waals surface area contributed by atoms with Crippen LogP contribution in [0.4, 0.5) is 16.3 Å². The molecule has 7 nitrogen and oxygen atoms in total. The summed E-state index contributed by atoms with van der Waals surface area (Å²) in [4.78, 5) is 24.6. The Morgan fingerprint density at radius 2 is 1.83 bits per heavy atom. The van der Waals surface area contributed by atoms with Gasteiger partial charge in [0, 0.05) is 24.1 Å². The summed E-state index contributed by atoms with van der Waals surface area (Å²) in [6.45, 7) is 5.91. The SMILES string of the molecule is Cc1ccc(NC(=O)Nc2cc(-n3ccnc3C)ncn2)cc1C. The van der Waals surface area contributed by atoms with Crippen molar-refractivity contribution in [2.75, 3.05) is 10.6 Å². The van der Waals surface area contributed by atoms with Crippen LogP contribution in [0.1, 0.15) is 17.0 Å². The standard InChI is InChI=1S/C17H18N6O/c1-11-4-5-14(8-12(11)2)21-17(24)22-15-9-16(20-10-19-15)23-7-6-18-13(23)3/h4-10H,1-3H3,(H2,19,20,21,22,24). The third-order valence-corrected chi connectivity index (χ3v) is 3.73. The summed E-state index contributed by atoms with van der Waals surface area (Å²) < 4.78 is 1.81. The summed E-state index contributed by atoms with van der Waals surface area (Å²) in [5.41, 5.74) is 3.03. The van der Waals surface area contributed by atoms with Crippen LogP contribution in [0.5, 0.6) is 0 Å². The van der Waals surface area contributed by atoms with Crippen LogP contribution in [0.25, 0.3) is 5.82 Å². The summed E-state index contributed by atoms with van der Waals surface area (Å²) >= 11 is 0. The number of anilines is 2. The van der Waals surface area contributed by atoms with E-state index in [-0.39, 0.29) is 6.03 Å². The molecular weight excluding hydrogens is 304 g/mol. The molecule has 0 atom stereocenters. The predicted molar refractivity (Wildman–Crippen MR) is 92.4 cm³/mol. The second kappa shape index (κ2) is 6.49. The Labute approximate surface area is 139 Å². The number of urea groups is 1. The molecule has 0 spiro atoms. The molecule has 3 rings (SSSR count). The van der Waals surface area contributed by atoms with Gasteiger partial charge >= 0.3 is 6.03 Å². The van der Waals surface area contributed by atoms with E-state index in [9.17, 15) is 4.79 Å². The normalized spacial score (nSPS) is 10.5. The van der Waals surface area contributed by atoms with E-state index in [1.165, 1.54) is 11.9 Å². The molecule has 2 aromatic heterocycles. The molecular formula is C17H18N6O. The summed E-state index contributed by atoms with van der Waals surface area (Å²) in [7, 11) is 0. The molecule has 0 unspecified atom stereocenters. The molecule has 0 aliphatic carbocycles. The van der Waals surface area contributed by atoms with Crippen molar-refractivity contribution in [3.8, 4) is 5.82 Å². The lowest BCUT2D eigenvalue weighted by Crippen LogP contribution is -2.20. The minimum Gasteiger partial charge on any atom is -0.308 e. The molecule has 0 saturated carbocycles. The van der Waals surface area contributed by atoms with Gasteiger partial charge in [0.25, 0.3) is 0 Å². The third kappa shape index (κ3) is 3.40. The van der Waals surface area contributed by atoms with Crippen molar-refractivity contribution in [2.45, 2.75) is 20.8 Å². The second-order valence-corrected chi connectivity index (χ2v) is 5.48. The maximum atomic E-state index is 12.1. The minimum atomic E-state index is -0.356. The number of carbonyl (C=O) groups excluding carboxylic acids is 1. The number of carbonyl (C=O) groups is 1. The zero-order valence-corrected chi connectivity index (χ0v) is 13.7.